The number of esters is 1. The number of para-hydroxylation sites is 2. The molecule has 0 N–H and O–H groups in total. The molecule has 29 heavy (non-hydrogen) atoms. The lowest BCUT2D eigenvalue weighted by atomic mass is 10.2. The number of sulfonamides is 1. The minimum Gasteiger partial charge on any atom is -0.493 e. The van der Waals surface area contributed by atoms with E-state index in [0.29, 0.717) is 43.4 Å². The van der Waals surface area contributed by atoms with Gasteiger partial charge in [0.1, 0.15) is 6.61 Å². The Bertz CT molecular complexity index is 939. The standard InChI is InChI=1S/C20H23NO7S/c1-25-18-7-2-3-8-19(18)27-15-20(22)28-14-16-5-4-6-17(13-16)29(23,24)21-9-11-26-12-10-21/h2-8,13H,9-12,14-15H2,1H3. The summed E-state index contributed by atoms with van der Waals surface area (Å²) >= 11 is 0. The first-order chi connectivity index (χ1) is 14.0. The molecule has 0 radical (unpaired) electrons. The summed E-state index contributed by atoms with van der Waals surface area (Å²) in [5.74, 6) is 0.379. The monoisotopic (exact) mass is 421 g/mol. The number of morpholine rings is 1. The zero-order valence-corrected chi connectivity index (χ0v) is 16.9. The fourth-order valence-electron chi connectivity index (χ4n) is 2.81. The predicted octanol–water partition coefficient (Wildman–Crippen LogP) is 1.84. The normalized spacial score (nSPS) is 14.9. The molecule has 2 aromatic rings. The van der Waals surface area contributed by atoms with Gasteiger partial charge in [-0.25, -0.2) is 13.2 Å². The van der Waals surface area contributed by atoms with Crippen molar-refractivity contribution in [2.45, 2.75) is 11.5 Å². The minimum absolute atomic E-state index is 0.0550. The van der Waals surface area contributed by atoms with Gasteiger partial charge in [0.05, 0.1) is 25.2 Å². The summed E-state index contributed by atoms with van der Waals surface area (Å²) in [6.45, 7) is 1.06. The molecule has 0 amide bonds. The van der Waals surface area contributed by atoms with Crippen LogP contribution in [0.1, 0.15) is 5.56 Å². The third kappa shape index (κ3) is 5.47. The van der Waals surface area contributed by atoms with Gasteiger partial charge in [-0.15, -0.1) is 0 Å². The summed E-state index contributed by atoms with van der Waals surface area (Å²) in [6, 6.07) is 13.3. The fraction of sp³-hybridized carbons (Fsp3) is 0.350. The second kappa shape index (κ2) is 9.73. The van der Waals surface area contributed by atoms with Crippen molar-refractivity contribution in [2.75, 3.05) is 40.0 Å². The van der Waals surface area contributed by atoms with Crippen molar-refractivity contribution in [1.82, 2.24) is 4.31 Å². The van der Waals surface area contributed by atoms with Crippen molar-refractivity contribution in [3.8, 4) is 11.5 Å². The summed E-state index contributed by atoms with van der Waals surface area (Å²) < 4.78 is 47.8. The zero-order valence-electron chi connectivity index (χ0n) is 16.1. The molecule has 0 saturated carbocycles. The van der Waals surface area contributed by atoms with Crippen molar-refractivity contribution in [3.63, 3.8) is 0 Å². The highest BCUT2D eigenvalue weighted by molar-refractivity contribution is 7.89. The van der Waals surface area contributed by atoms with Crippen LogP contribution >= 0.6 is 0 Å². The third-order valence-electron chi connectivity index (χ3n) is 4.32. The Morgan fingerprint density at radius 1 is 1.07 bits per heavy atom. The van der Waals surface area contributed by atoms with Gasteiger partial charge in [-0.1, -0.05) is 24.3 Å². The largest absolute Gasteiger partial charge is 0.493 e. The van der Waals surface area contributed by atoms with E-state index in [1.807, 2.05) is 0 Å². The number of carbonyl (C=O) groups excluding carboxylic acids is 1. The number of carbonyl (C=O) groups is 1. The lowest BCUT2D eigenvalue weighted by Gasteiger charge is -2.26. The van der Waals surface area contributed by atoms with Crippen molar-refractivity contribution < 1.29 is 32.2 Å². The molecular formula is C20H23NO7S. The average molecular weight is 421 g/mol. The Morgan fingerprint density at radius 3 is 2.52 bits per heavy atom. The van der Waals surface area contributed by atoms with Crippen LogP contribution in [0.4, 0.5) is 0 Å². The summed E-state index contributed by atoms with van der Waals surface area (Å²) in [4.78, 5) is 12.2. The molecule has 0 aromatic heterocycles. The van der Waals surface area contributed by atoms with Gasteiger partial charge in [-0.3, -0.25) is 0 Å². The summed E-state index contributed by atoms with van der Waals surface area (Å²) in [5.41, 5.74) is 0.574. The smallest absolute Gasteiger partial charge is 0.344 e. The van der Waals surface area contributed by atoms with Gasteiger partial charge in [-0.2, -0.15) is 4.31 Å². The number of benzene rings is 2. The first-order valence-corrected chi connectivity index (χ1v) is 10.5. The topological polar surface area (TPSA) is 91.4 Å². The Kier molecular flexibility index (Phi) is 7.08. The molecule has 0 unspecified atom stereocenters. The lowest BCUT2D eigenvalue weighted by Crippen LogP contribution is -2.40. The first kappa shape index (κ1) is 21.1. The second-order valence-corrected chi connectivity index (χ2v) is 8.20. The van der Waals surface area contributed by atoms with E-state index in [1.54, 1.807) is 36.4 Å². The van der Waals surface area contributed by atoms with Gasteiger partial charge >= 0.3 is 5.97 Å². The van der Waals surface area contributed by atoms with E-state index in [1.165, 1.54) is 23.5 Å². The molecule has 9 heteroatoms. The first-order valence-electron chi connectivity index (χ1n) is 9.09. The number of hydrogen-bond acceptors (Lipinski definition) is 7. The molecular weight excluding hydrogens is 398 g/mol. The van der Waals surface area contributed by atoms with E-state index in [2.05, 4.69) is 0 Å². The van der Waals surface area contributed by atoms with E-state index in [9.17, 15) is 13.2 Å². The molecule has 1 aliphatic rings. The van der Waals surface area contributed by atoms with E-state index in [0.717, 1.165) is 0 Å². The molecule has 0 aliphatic carbocycles. The molecule has 8 nitrogen and oxygen atoms in total. The van der Waals surface area contributed by atoms with Gasteiger partial charge in [-0.05, 0) is 29.8 Å². The number of ether oxygens (including phenoxy) is 4. The average Bonchev–Trinajstić information content (AvgIpc) is 2.77. The number of methoxy groups -OCH3 is 1. The van der Waals surface area contributed by atoms with Crippen molar-refractivity contribution >= 4 is 16.0 Å². The van der Waals surface area contributed by atoms with Crippen LogP contribution in [0.5, 0.6) is 11.5 Å². The molecule has 1 heterocycles. The van der Waals surface area contributed by atoms with E-state index in [-0.39, 0.29) is 18.1 Å². The van der Waals surface area contributed by atoms with Crippen molar-refractivity contribution in [2.24, 2.45) is 0 Å². The number of hydrogen-bond donors (Lipinski definition) is 0. The van der Waals surface area contributed by atoms with Crippen LogP contribution in [0, 0.1) is 0 Å². The van der Waals surface area contributed by atoms with E-state index < -0.39 is 16.0 Å². The quantitative estimate of drug-likeness (QED) is 0.601. The summed E-state index contributed by atoms with van der Waals surface area (Å²) in [6.07, 6.45) is 0. The zero-order chi connectivity index (χ0) is 20.7. The Hall–Kier alpha value is -2.62. The van der Waals surface area contributed by atoms with Crippen LogP contribution in [0.15, 0.2) is 53.4 Å². The van der Waals surface area contributed by atoms with Gasteiger partial charge in [0.25, 0.3) is 0 Å². The van der Waals surface area contributed by atoms with Crippen LogP contribution in [0.25, 0.3) is 0 Å². The number of nitrogens with zero attached hydrogens (tertiary/aromatic N) is 1. The molecule has 156 valence electrons. The third-order valence-corrected chi connectivity index (χ3v) is 6.22. The molecule has 1 aliphatic heterocycles. The molecule has 1 saturated heterocycles. The summed E-state index contributed by atoms with van der Waals surface area (Å²) in [5, 5.41) is 0. The molecule has 2 aromatic carbocycles. The maximum Gasteiger partial charge on any atom is 0.344 e. The van der Waals surface area contributed by atoms with E-state index >= 15 is 0 Å². The summed E-state index contributed by atoms with van der Waals surface area (Å²) in [7, 11) is -2.09. The van der Waals surface area contributed by atoms with Gasteiger partial charge in [0.15, 0.2) is 18.1 Å². The van der Waals surface area contributed by atoms with Crippen molar-refractivity contribution in [3.05, 3.63) is 54.1 Å². The molecule has 0 spiro atoms. The Labute approximate surface area is 170 Å². The molecule has 1 fully saturated rings. The molecule has 0 atom stereocenters. The predicted molar refractivity (Wildman–Crippen MR) is 104 cm³/mol. The van der Waals surface area contributed by atoms with Crippen LogP contribution < -0.4 is 9.47 Å². The lowest BCUT2D eigenvalue weighted by molar-refractivity contribution is -0.147. The fourth-order valence-corrected chi connectivity index (χ4v) is 4.29. The van der Waals surface area contributed by atoms with Gasteiger partial charge in [0, 0.05) is 13.1 Å². The van der Waals surface area contributed by atoms with Crippen LogP contribution in [-0.2, 0) is 30.9 Å². The Morgan fingerprint density at radius 2 is 1.79 bits per heavy atom. The maximum atomic E-state index is 12.7. The SMILES string of the molecule is COc1ccccc1OCC(=O)OCc1cccc(S(=O)(=O)N2CCOCC2)c1. The highest BCUT2D eigenvalue weighted by Crippen LogP contribution is 2.25. The van der Waals surface area contributed by atoms with Crippen molar-refractivity contribution in [1.29, 1.82) is 0 Å². The maximum absolute atomic E-state index is 12.7. The van der Waals surface area contributed by atoms with Crippen LogP contribution in [-0.4, -0.2) is 58.7 Å². The number of rotatable bonds is 8. The highest BCUT2D eigenvalue weighted by Gasteiger charge is 2.26. The minimum atomic E-state index is -3.60. The van der Waals surface area contributed by atoms with Gasteiger partial charge < -0.3 is 18.9 Å². The second-order valence-electron chi connectivity index (χ2n) is 6.26. The Balaban J connectivity index is 1.57. The van der Waals surface area contributed by atoms with Gasteiger partial charge in [0.2, 0.25) is 10.0 Å². The van der Waals surface area contributed by atoms with Crippen LogP contribution in [0.3, 0.4) is 0 Å². The molecule has 0 bridgehead atoms. The van der Waals surface area contributed by atoms with Crippen LogP contribution in [0.2, 0.25) is 0 Å². The van der Waals surface area contributed by atoms with E-state index in [4.69, 9.17) is 18.9 Å². The highest BCUT2D eigenvalue weighted by atomic mass is 32.2. The molecule has 3 rings (SSSR count).